The summed E-state index contributed by atoms with van der Waals surface area (Å²) in [5, 5.41) is 22.9. The number of phenols is 1. The predicted molar refractivity (Wildman–Crippen MR) is 79.3 cm³/mol. The van der Waals surface area contributed by atoms with Crippen LogP contribution in [0, 0.1) is 0 Å². The molecule has 5 nitrogen and oxygen atoms in total. The van der Waals surface area contributed by atoms with Crippen molar-refractivity contribution < 1.29 is 19.8 Å². The summed E-state index contributed by atoms with van der Waals surface area (Å²) in [4.78, 5) is 23.2. The third-order valence-electron chi connectivity index (χ3n) is 3.15. The molecule has 0 aliphatic rings. The fourth-order valence-electron chi connectivity index (χ4n) is 2.06. The lowest BCUT2D eigenvalue weighted by atomic mass is 10.0. The minimum Gasteiger partial charge on any atom is -0.506 e. The number of carbonyl (C=O) groups excluding carboxylic acids is 1. The maximum atomic E-state index is 12.1. The first-order valence-electron chi connectivity index (χ1n) is 6.40. The lowest BCUT2D eigenvalue weighted by molar-refractivity contribution is -0.139. The number of nitrogens with one attached hydrogen (secondary N) is 1. The van der Waals surface area contributed by atoms with Gasteiger partial charge in [-0.3, -0.25) is 4.79 Å². The molecule has 0 aliphatic heterocycles. The molecule has 5 heteroatoms. The highest BCUT2D eigenvalue weighted by molar-refractivity contribution is 6.04. The molecule has 0 spiro atoms. The van der Waals surface area contributed by atoms with Gasteiger partial charge in [-0.2, -0.15) is 0 Å². The van der Waals surface area contributed by atoms with Crippen LogP contribution in [0.5, 0.6) is 5.75 Å². The molecule has 0 saturated heterocycles. The molecular formula is C16H15NO4. The first kappa shape index (κ1) is 14.6. The molecule has 2 rings (SSSR count). The Morgan fingerprint density at radius 3 is 2.62 bits per heavy atom. The van der Waals surface area contributed by atoms with Crippen molar-refractivity contribution in [3.63, 3.8) is 0 Å². The number of hydrogen-bond donors (Lipinski definition) is 3. The van der Waals surface area contributed by atoms with E-state index in [1.54, 1.807) is 18.2 Å². The average molecular weight is 285 g/mol. The number of amides is 1. The van der Waals surface area contributed by atoms with Crippen molar-refractivity contribution in [1.29, 1.82) is 0 Å². The molecule has 108 valence electrons. The number of aliphatic carboxylic acids is 1. The predicted octanol–water partition coefficient (Wildman–Crippen LogP) is 2.30. The first-order valence-corrected chi connectivity index (χ1v) is 6.40. The van der Waals surface area contributed by atoms with Crippen LogP contribution >= 0.6 is 0 Å². The van der Waals surface area contributed by atoms with E-state index in [4.69, 9.17) is 5.11 Å². The molecule has 0 radical (unpaired) electrons. The van der Waals surface area contributed by atoms with Gasteiger partial charge in [-0.15, -0.1) is 6.58 Å². The third kappa shape index (κ3) is 3.02. The Hall–Kier alpha value is -2.82. The number of phenolic OH excluding ortho intramolecular Hbond substituents is 1. The Balaban J connectivity index is 2.33. The van der Waals surface area contributed by atoms with E-state index >= 15 is 0 Å². The summed E-state index contributed by atoms with van der Waals surface area (Å²) in [5.41, 5.74) is 0.0454. The number of carbonyl (C=O) groups is 2. The molecule has 3 N–H and O–H groups in total. The summed E-state index contributed by atoms with van der Waals surface area (Å²) < 4.78 is 0. The van der Waals surface area contributed by atoms with E-state index < -0.39 is 17.9 Å². The van der Waals surface area contributed by atoms with Gasteiger partial charge in [0.15, 0.2) is 0 Å². The maximum absolute atomic E-state index is 12.1. The van der Waals surface area contributed by atoms with Crippen LogP contribution in [0.25, 0.3) is 10.8 Å². The molecule has 1 unspecified atom stereocenters. The molecule has 1 amide bonds. The van der Waals surface area contributed by atoms with E-state index in [0.29, 0.717) is 5.39 Å². The lowest BCUT2D eigenvalue weighted by Crippen LogP contribution is -2.40. The Labute approximate surface area is 121 Å². The van der Waals surface area contributed by atoms with Crippen molar-refractivity contribution in [3.05, 3.63) is 54.6 Å². The number of hydrogen-bond acceptors (Lipinski definition) is 3. The van der Waals surface area contributed by atoms with Gasteiger partial charge in [0.2, 0.25) is 0 Å². The molecule has 0 aliphatic carbocycles. The van der Waals surface area contributed by atoms with Gasteiger partial charge in [-0.25, -0.2) is 4.79 Å². The van der Waals surface area contributed by atoms with Gasteiger partial charge < -0.3 is 15.5 Å². The number of aromatic hydroxyl groups is 1. The fraction of sp³-hybridized carbons (Fsp3) is 0.125. The average Bonchev–Trinajstić information content (AvgIpc) is 2.47. The van der Waals surface area contributed by atoms with Crippen molar-refractivity contribution in [2.45, 2.75) is 12.5 Å². The number of benzene rings is 2. The Bertz CT molecular complexity index is 708. The van der Waals surface area contributed by atoms with Gasteiger partial charge in [0.05, 0.1) is 5.56 Å². The Morgan fingerprint density at radius 2 is 1.95 bits per heavy atom. The van der Waals surface area contributed by atoms with Crippen LogP contribution in [0.2, 0.25) is 0 Å². The highest BCUT2D eigenvalue weighted by Crippen LogP contribution is 2.28. The van der Waals surface area contributed by atoms with Gasteiger partial charge in [0.1, 0.15) is 11.8 Å². The smallest absolute Gasteiger partial charge is 0.326 e. The maximum Gasteiger partial charge on any atom is 0.326 e. The number of carboxylic acid groups (broad SMARTS) is 1. The summed E-state index contributed by atoms with van der Waals surface area (Å²) in [5.74, 6) is -1.94. The standard InChI is InChI=1S/C16H15NO4/c1-2-5-13(16(20)21)17-15(19)12-9-8-10-6-3-4-7-11(10)14(12)18/h2-4,6-9,13,18H,1,5H2,(H,17,19)(H,20,21). The van der Waals surface area contributed by atoms with Crippen LogP contribution in [-0.2, 0) is 4.79 Å². The van der Waals surface area contributed by atoms with Crippen LogP contribution in [0.1, 0.15) is 16.8 Å². The Morgan fingerprint density at radius 1 is 1.24 bits per heavy atom. The van der Waals surface area contributed by atoms with Crippen LogP contribution in [0.3, 0.4) is 0 Å². The second-order valence-electron chi connectivity index (χ2n) is 4.57. The first-order chi connectivity index (χ1) is 10.0. The number of fused-ring (bicyclic) bond motifs is 1. The normalized spacial score (nSPS) is 11.8. The quantitative estimate of drug-likeness (QED) is 0.736. The van der Waals surface area contributed by atoms with Crippen LogP contribution < -0.4 is 5.32 Å². The third-order valence-corrected chi connectivity index (χ3v) is 3.15. The molecule has 2 aromatic rings. The summed E-state index contributed by atoms with van der Waals surface area (Å²) in [7, 11) is 0. The van der Waals surface area contributed by atoms with E-state index in [1.807, 2.05) is 12.1 Å². The van der Waals surface area contributed by atoms with Gasteiger partial charge in [0.25, 0.3) is 5.91 Å². The number of carboxylic acids is 1. The Kier molecular flexibility index (Phi) is 4.23. The zero-order chi connectivity index (χ0) is 15.4. The van der Waals surface area contributed by atoms with Crippen molar-refractivity contribution >= 4 is 22.6 Å². The molecule has 21 heavy (non-hydrogen) atoms. The van der Waals surface area contributed by atoms with Crippen molar-refractivity contribution in [2.75, 3.05) is 0 Å². The van der Waals surface area contributed by atoms with E-state index in [0.717, 1.165) is 5.39 Å². The minimum atomic E-state index is -1.15. The molecule has 0 heterocycles. The highest BCUT2D eigenvalue weighted by atomic mass is 16.4. The second kappa shape index (κ2) is 6.09. The van der Waals surface area contributed by atoms with Crippen molar-refractivity contribution in [1.82, 2.24) is 5.32 Å². The van der Waals surface area contributed by atoms with Crippen LogP contribution in [0.15, 0.2) is 49.1 Å². The van der Waals surface area contributed by atoms with Crippen LogP contribution in [-0.4, -0.2) is 28.1 Å². The molecule has 1 atom stereocenters. The summed E-state index contributed by atoms with van der Waals surface area (Å²) >= 11 is 0. The zero-order valence-electron chi connectivity index (χ0n) is 11.2. The van der Waals surface area contributed by atoms with E-state index in [1.165, 1.54) is 12.1 Å². The van der Waals surface area contributed by atoms with Crippen molar-refractivity contribution in [2.24, 2.45) is 0 Å². The zero-order valence-corrected chi connectivity index (χ0v) is 11.2. The van der Waals surface area contributed by atoms with E-state index in [-0.39, 0.29) is 17.7 Å². The topological polar surface area (TPSA) is 86.6 Å². The molecule has 0 aromatic heterocycles. The van der Waals surface area contributed by atoms with Crippen LogP contribution in [0.4, 0.5) is 0 Å². The van der Waals surface area contributed by atoms with E-state index in [9.17, 15) is 14.7 Å². The summed E-state index contributed by atoms with van der Waals surface area (Å²) in [6, 6.07) is 9.19. The number of rotatable bonds is 5. The molecular weight excluding hydrogens is 270 g/mol. The largest absolute Gasteiger partial charge is 0.506 e. The fourth-order valence-corrected chi connectivity index (χ4v) is 2.06. The van der Waals surface area contributed by atoms with E-state index in [2.05, 4.69) is 11.9 Å². The van der Waals surface area contributed by atoms with Gasteiger partial charge in [-0.1, -0.05) is 36.4 Å². The molecule has 2 aromatic carbocycles. The van der Waals surface area contributed by atoms with Gasteiger partial charge >= 0.3 is 5.97 Å². The lowest BCUT2D eigenvalue weighted by Gasteiger charge is -2.14. The summed E-state index contributed by atoms with van der Waals surface area (Å²) in [6.45, 7) is 3.46. The second-order valence-corrected chi connectivity index (χ2v) is 4.57. The van der Waals surface area contributed by atoms with Gasteiger partial charge in [0, 0.05) is 5.39 Å². The highest BCUT2D eigenvalue weighted by Gasteiger charge is 2.21. The van der Waals surface area contributed by atoms with Crippen molar-refractivity contribution in [3.8, 4) is 5.75 Å². The molecule has 0 bridgehead atoms. The minimum absolute atomic E-state index is 0.0454. The summed E-state index contributed by atoms with van der Waals surface area (Å²) in [6.07, 6.45) is 1.52. The SMILES string of the molecule is C=CCC(NC(=O)c1ccc2ccccc2c1O)C(=O)O. The monoisotopic (exact) mass is 285 g/mol. The molecule has 0 fully saturated rings. The molecule has 0 saturated carbocycles. The van der Waals surface area contributed by atoms with Gasteiger partial charge in [-0.05, 0) is 17.9 Å².